The normalized spacial score (nSPS) is 24.7. The lowest BCUT2D eigenvalue weighted by Crippen LogP contribution is -2.43. The van der Waals surface area contributed by atoms with Crippen LogP contribution in [0.4, 0.5) is 13.2 Å². The minimum absolute atomic E-state index is 0.0134. The third-order valence-electron chi connectivity index (χ3n) is 1.63. The molecule has 1 atom stereocenters. The first kappa shape index (κ1) is 9.31. The van der Waals surface area contributed by atoms with Gasteiger partial charge in [0.1, 0.15) is 6.23 Å². The van der Waals surface area contributed by atoms with Crippen LogP contribution < -0.4 is 0 Å². The van der Waals surface area contributed by atoms with E-state index in [0.29, 0.717) is 4.90 Å². The van der Waals surface area contributed by atoms with Crippen LogP contribution in [-0.2, 0) is 9.53 Å². The molecule has 1 saturated heterocycles. The third-order valence-corrected chi connectivity index (χ3v) is 1.63. The highest BCUT2D eigenvalue weighted by Gasteiger charge is 2.45. The van der Waals surface area contributed by atoms with E-state index in [9.17, 15) is 18.0 Å². The van der Waals surface area contributed by atoms with Crippen molar-refractivity contribution in [1.29, 1.82) is 0 Å². The zero-order chi connectivity index (χ0) is 9.35. The van der Waals surface area contributed by atoms with Crippen molar-refractivity contribution in [3.63, 3.8) is 0 Å². The highest BCUT2D eigenvalue weighted by molar-refractivity contribution is 5.82. The second-order valence-corrected chi connectivity index (χ2v) is 2.47. The van der Waals surface area contributed by atoms with Crippen molar-refractivity contribution in [2.45, 2.75) is 19.3 Å². The first-order valence-electron chi connectivity index (χ1n) is 3.42. The number of carbonyl (C=O) groups is 1. The molecule has 0 aliphatic carbocycles. The van der Waals surface area contributed by atoms with E-state index in [1.807, 2.05) is 0 Å². The molecule has 1 fully saturated rings. The molecule has 0 bridgehead atoms. The summed E-state index contributed by atoms with van der Waals surface area (Å²) in [5.74, 6) is -1.83. The first-order chi connectivity index (χ1) is 5.43. The smallest absolute Gasteiger partial charge is 0.357 e. The molecular formula is C6H8F3NO2. The van der Waals surface area contributed by atoms with Gasteiger partial charge >= 0.3 is 12.1 Å². The Bertz CT molecular complexity index is 192. The molecule has 1 aliphatic rings. The Morgan fingerprint density at radius 3 is 2.50 bits per heavy atom. The molecular weight excluding hydrogens is 175 g/mol. The van der Waals surface area contributed by atoms with Crippen LogP contribution in [0.1, 0.15) is 6.92 Å². The van der Waals surface area contributed by atoms with Crippen LogP contribution >= 0.6 is 0 Å². The lowest BCUT2D eigenvalue weighted by atomic mass is 10.4. The molecule has 1 heterocycles. The average Bonchev–Trinajstić information content (AvgIpc) is 2.31. The molecule has 0 spiro atoms. The van der Waals surface area contributed by atoms with Gasteiger partial charge in [0.2, 0.25) is 0 Å². The summed E-state index contributed by atoms with van der Waals surface area (Å²) in [6.07, 6.45) is -5.55. The van der Waals surface area contributed by atoms with E-state index >= 15 is 0 Å². The molecule has 1 rings (SSSR count). The number of halogens is 3. The summed E-state index contributed by atoms with van der Waals surface area (Å²) in [5.41, 5.74) is 0. The summed E-state index contributed by atoms with van der Waals surface area (Å²) in [4.78, 5) is 11.3. The minimum atomic E-state index is -4.79. The van der Waals surface area contributed by atoms with Gasteiger partial charge in [-0.15, -0.1) is 0 Å². The maximum Gasteiger partial charge on any atom is 0.471 e. The van der Waals surface area contributed by atoms with Crippen molar-refractivity contribution in [2.75, 3.05) is 13.2 Å². The van der Waals surface area contributed by atoms with E-state index < -0.39 is 18.3 Å². The topological polar surface area (TPSA) is 29.5 Å². The third kappa shape index (κ3) is 1.69. The molecule has 70 valence electrons. The molecule has 0 aromatic rings. The first-order valence-corrected chi connectivity index (χ1v) is 3.42. The molecule has 0 radical (unpaired) electrons. The van der Waals surface area contributed by atoms with Crippen molar-refractivity contribution < 1.29 is 22.7 Å². The van der Waals surface area contributed by atoms with Crippen molar-refractivity contribution in [1.82, 2.24) is 4.90 Å². The summed E-state index contributed by atoms with van der Waals surface area (Å²) in [5, 5.41) is 0. The Morgan fingerprint density at radius 2 is 2.17 bits per heavy atom. The van der Waals surface area contributed by atoms with Gasteiger partial charge in [-0.25, -0.2) is 0 Å². The lowest BCUT2D eigenvalue weighted by molar-refractivity contribution is -0.189. The molecule has 1 unspecified atom stereocenters. The van der Waals surface area contributed by atoms with Crippen LogP contribution in [0.25, 0.3) is 0 Å². The summed E-state index contributed by atoms with van der Waals surface area (Å²) in [6.45, 7) is 1.60. The SMILES string of the molecule is CC1OCCN1C(=O)C(F)(F)F. The van der Waals surface area contributed by atoms with Gasteiger partial charge in [-0.05, 0) is 6.92 Å². The zero-order valence-electron chi connectivity index (χ0n) is 6.39. The number of carbonyl (C=O) groups excluding carboxylic acids is 1. The van der Waals surface area contributed by atoms with E-state index in [1.54, 1.807) is 0 Å². The van der Waals surface area contributed by atoms with Gasteiger partial charge in [-0.2, -0.15) is 13.2 Å². The van der Waals surface area contributed by atoms with E-state index in [1.165, 1.54) is 6.92 Å². The largest absolute Gasteiger partial charge is 0.471 e. The number of amides is 1. The molecule has 1 amide bonds. The maximum atomic E-state index is 11.8. The summed E-state index contributed by atoms with van der Waals surface area (Å²) in [7, 11) is 0. The highest BCUT2D eigenvalue weighted by atomic mass is 19.4. The van der Waals surface area contributed by atoms with Gasteiger partial charge in [0.15, 0.2) is 0 Å². The Labute approximate surface area is 67.1 Å². The molecule has 0 saturated carbocycles. The van der Waals surface area contributed by atoms with Crippen LogP contribution in [-0.4, -0.2) is 36.4 Å². The Balaban J connectivity index is 2.64. The van der Waals surface area contributed by atoms with Crippen molar-refractivity contribution >= 4 is 5.91 Å². The highest BCUT2D eigenvalue weighted by Crippen LogP contribution is 2.22. The Kier molecular flexibility index (Phi) is 2.27. The van der Waals surface area contributed by atoms with Crippen LogP contribution in [0.5, 0.6) is 0 Å². The molecule has 0 aromatic heterocycles. The number of nitrogens with zero attached hydrogens (tertiary/aromatic N) is 1. The van der Waals surface area contributed by atoms with E-state index in [2.05, 4.69) is 0 Å². The second kappa shape index (κ2) is 2.93. The number of hydrogen-bond acceptors (Lipinski definition) is 2. The van der Waals surface area contributed by atoms with Crippen LogP contribution in [0, 0.1) is 0 Å². The monoisotopic (exact) mass is 183 g/mol. The zero-order valence-corrected chi connectivity index (χ0v) is 6.39. The van der Waals surface area contributed by atoms with Gasteiger partial charge in [0, 0.05) is 6.54 Å². The predicted molar refractivity (Wildman–Crippen MR) is 33.2 cm³/mol. The summed E-state index contributed by atoms with van der Waals surface area (Å²) < 4.78 is 40.3. The molecule has 3 nitrogen and oxygen atoms in total. The Hall–Kier alpha value is -0.780. The fraction of sp³-hybridized carbons (Fsp3) is 0.833. The van der Waals surface area contributed by atoms with E-state index in [4.69, 9.17) is 4.74 Å². The molecule has 6 heteroatoms. The minimum Gasteiger partial charge on any atom is -0.357 e. The standard InChI is InChI=1S/C6H8F3NO2/c1-4-10(2-3-12-4)5(11)6(7,8)9/h4H,2-3H2,1H3. The van der Waals surface area contributed by atoms with Gasteiger partial charge in [0.25, 0.3) is 0 Å². The molecule has 0 aromatic carbocycles. The van der Waals surface area contributed by atoms with Crippen LogP contribution in [0.2, 0.25) is 0 Å². The van der Waals surface area contributed by atoms with E-state index in [-0.39, 0.29) is 13.2 Å². The van der Waals surface area contributed by atoms with Gasteiger partial charge in [-0.1, -0.05) is 0 Å². The number of ether oxygens (including phenoxy) is 1. The summed E-state index contributed by atoms with van der Waals surface area (Å²) in [6, 6.07) is 0. The van der Waals surface area contributed by atoms with Gasteiger partial charge < -0.3 is 9.64 Å². The number of alkyl halides is 3. The summed E-state index contributed by atoms with van der Waals surface area (Å²) >= 11 is 0. The van der Waals surface area contributed by atoms with Crippen molar-refractivity contribution in [3.8, 4) is 0 Å². The molecule has 1 aliphatic heterocycles. The quantitative estimate of drug-likeness (QED) is 0.554. The van der Waals surface area contributed by atoms with Crippen LogP contribution in [0.15, 0.2) is 0 Å². The molecule has 0 N–H and O–H groups in total. The number of hydrogen-bond donors (Lipinski definition) is 0. The van der Waals surface area contributed by atoms with E-state index in [0.717, 1.165) is 0 Å². The van der Waals surface area contributed by atoms with Crippen molar-refractivity contribution in [2.24, 2.45) is 0 Å². The van der Waals surface area contributed by atoms with Crippen molar-refractivity contribution in [3.05, 3.63) is 0 Å². The Morgan fingerprint density at radius 1 is 1.58 bits per heavy atom. The maximum absolute atomic E-state index is 11.8. The fourth-order valence-corrected chi connectivity index (χ4v) is 1.02. The lowest BCUT2D eigenvalue weighted by Gasteiger charge is -2.20. The second-order valence-electron chi connectivity index (χ2n) is 2.47. The van der Waals surface area contributed by atoms with Crippen LogP contribution in [0.3, 0.4) is 0 Å². The number of rotatable bonds is 0. The fourth-order valence-electron chi connectivity index (χ4n) is 1.02. The molecule has 12 heavy (non-hydrogen) atoms. The van der Waals surface area contributed by atoms with Gasteiger partial charge in [0.05, 0.1) is 6.61 Å². The predicted octanol–water partition coefficient (Wildman–Crippen LogP) is 0.754. The average molecular weight is 183 g/mol. The van der Waals surface area contributed by atoms with Gasteiger partial charge in [-0.3, -0.25) is 4.79 Å².